The number of hydrogen-bond acceptors (Lipinski definition) is 4. The minimum atomic E-state index is -4.08. The van der Waals surface area contributed by atoms with Crippen LogP contribution in [0.3, 0.4) is 0 Å². The summed E-state index contributed by atoms with van der Waals surface area (Å²) < 4.78 is 62.4. The molecule has 20 heavy (non-hydrogen) atoms. The summed E-state index contributed by atoms with van der Waals surface area (Å²) in [5.74, 6) is -0.990. The van der Waals surface area contributed by atoms with Crippen molar-refractivity contribution in [2.24, 2.45) is 0 Å². The van der Waals surface area contributed by atoms with E-state index in [1.54, 1.807) is 19.1 Å². The largest absolute Gasteiger partial charge is 0.243 e. The summed E-state index contributed by atoms with van der Waals surface area (Å²) in [7, 11) is -7.68. The Balaban J connectivity index is 3.11. The number of nitrogens with one attached hydrogen (secondary N) is 1. The zero-order chi connectivity index (χ0) is 15.4. The van der Waals surface area contributed by atoms with Gasteiger partial charge in [0.05, 0.1) is 4.90 Å². The van der Waals surface area contributed by atoms with Gasteiger partial charge in [0.15, 0.2) is 9.84 Å². The van der Waals surface area contributed by atoms with Gasteiger partial charge in [-0.15, -0.1) is 0 Å². The van der Waals surface area contributed by atoms with Crippen molar-refractivity contribution in [2.45, 2.75) is 23.1 Å². The van der Waals surface area contributed by atoms with Gasteiger partial charge in [0, 0.05) is 12.8 Å². The van der Waals surface area contributed by atoms with Gasteiger partial charge >= 0.3 is 0 Å². The third kappa shape index (κ3) is 4.39. The number of rotatable bonds is 6. The van der Waals surface area contributed by atoms with Crippen molar-refractivity contribution in [1.29, 1.82) is 0 Å². The molecule has 1 N–H and O–H groups in total. The van der Waals surface area contributed by atoms with Crippen LogP contribution in [-0.2, 0) is 19.9 Å². The van der Waals surface area contributed by atoms with Gasteiger partial charge in [-0.2, -0.15) is 0 Å². The van der Waals surface area contributed by atoms with Crippen LogP contribution in [0.2, 0.25) is 0 Å². The number of sulfone groups is 1. The molecule has 1 aromatic rings. The highest BCUT2D eigenvalue weighted by Gasteiger charge is 2.21. The fourth-order valence-electron chi connectivity index (χ4n) is 1.44. The van der Waals surface area contributed by atoms with Gasteiger partial charge < -0.3 is 0 Å². The molecule has 0 unspecified atom stereocenters. The first kappa shape index (κ1) is 16.8. The van der Waals surface area contributed by atoms with E-state index < -0.39 is 30.6 Å². The Kier molecular flexibility index (Phi) is 5.43. The Morgan fingerprint density at radius 2 is 1.90 bits per heavy atom. The van der Waals surface area contributed by atoms with Crippen molar-refractivity contribution in [2.75, 3.05) is 12.8 Å². The molecule has 112 valence electrons. The van der Waals surface area contributed by atoms with Crippen molar-refractivity contribution in [1.82, 2.24) is 4.72 Å². The highest BCUT2D eigenvalue weighted by atomic mass is 32.2. The topological polar surface area (TPSA) is 80.3 Å². The minimum Gasteiger partial charge on any atom is -0.224 e. The maximum atomic E-state index is 13.6. The Morgan fingerprint density at radius 1 is 1.25 bits per heavy atom. The van der Waals surface area contributed by atoms with Gasteiger partial charge in [0.25, 0.3) is 0 Å². The molecule has 0 aromatic heterocycles. The van der Waals surface area contributed by atoms with E-state index in [1.165, 1.54) is 0 Å². The predicted molar refractivity (Wildman–Crippen MR) is 74.1 cm³/mol. The molecule has 5 nitrogen and oxygen atoms in total. The lowest BCUT2D eigenvalue weighted by Crippen LogP contribution is -2.25. The second-order valence-corrected chi connectivity index (χ2v) is 7.87. The monoisotopic (exact) mass is 321 g/mol. The quantitative estimate of drug-likeness (QED) is 0.489. The van der Waals surface area contributed by atoms with Crippen LogP contribution in [0, 0.1) is 5.82 Å². The zero-order valence-electron chi connectivity index (χ0n) is 11.1. The molecule has 0 fully saturated rings. The van der Waals surface area contributed by atoms with Gasteiger partial charge in [-0.1, -0.05) is 12.2 Å². The molecule has 0 aliphatic rings. The van der Waals surface area contributed by atoms with Gasteiger partial charge in [-0.25, -0.2) is 25.9 Å². The number of benzene rings is 1. The van der Waals surface area contributed by atoms with Gasteiger partial charge in [-0.05, 0) is 31.5 Å². The normalized spacial score (nSPS) is 12.9. The van der Waals surface area contributed by atoms with Gasteiger partial charge in [-0.3, -0.25) is 0 Å². The Labute approximate surface area is 118 Å². The van der Waals surface area contributed by atoms with Crippen molar-refractivity contribution in [3.05, 3.63) is 36.2 Å². The lowest BCUT2D eigenvalue weighted by atomic mass is 10.3. The van der Waals surface area contributed by atoms with Crippen LogP contribution in [-0.4, -0.2) is 29.6 Å². The smallest absolute Gasteiger partial charge is 0.224 e. The van der Waals surface area contributed by atoms with Crippen molar-refractivity contribution in [3.63, 3.8) is 0 Å². The van der Waals surface area contributed by atoms with Crippen LogP contribution >= 0.6 is 0 Å². The Bertz CT molecular complexity index is 709. The fourth-order valence-corrected chi connectivity index (χ4v) is 3.31. The molecule has 1 aromatic carbocycles. The summed E-state index contributed by atoms with van der Waals surface area (Å²) in [6, 6.07) is 2.68. The van der Waals surface area contributed by atoms with Crippen LogP contribution in [0.1, 0.15) is 13.3 Å². The number of halogens is 1. The maximum absolute atomic E-state index is 13.6. The molecule has 1 rings (SSSR count). The first-order chi connectivity index (χ1) is 9.18. The van der Waals surface area contributed by atoms with E-state index in [-0.39, 0.29) is 11.4 Å². The summed E-state index contributed by atoms with van der Waals surface area (Å²) in [4.78, 5) is -0.909. The lowest BCUT2D eigenvalue weighted by Gasteiger charge is -2.08. The van der Waals surface area contributed by atoms with E-state index in [0.717, 1.165) is 24.5 Å². The van der Waals surface area contributed by atoms with E-state index >= 15 is 0 Å². The molecule has 0 saturated heterocycles. The van der Waals surface area contributed by atoms with E-state index in [1.807, 2.05) is 0 Å². The van der Waals surface area contributed by atoms with Crippen molar-refractivity contribution in [3.8, 4) is 0 Å². The molecular formula is C12H16FNO4S2. The lowest BCUT2D eigenvalue weighted by molar-refractivity contribution is 0.555. The summed E-state index contributed by atoms with van der Waals surface area (Å²) in [5, 5.41) is 0. The predicted octanol–water partition coefficient (Wildman–Crippen LogP) is 1.47. The highest BCUT2D eigenvalue weighted by Crippen LogP contribution is 2.19. The molecule has 0 spiro atoms. The summed E-state index contributed by atoms with van der Waals surface area (Å²) in [6.07, 6.45) is 4.91. The Morgan fingerprint density at radius 3 is 2.45 bits per heavy atom. The second kappa shape index (κ2) is 6.47. The highest BCUT2D eigenvalue weighted by molar-refractivity contribution is 7.91. The van der Waals surface area contributed by atoms with Crippen LogP contribution in [0.4, 0.5) is 4.39 Å². The van der Waals surface area contributed by atoms with Crippen LogP contribution in [0.25, 0.3) is 0 Å². The van der Waals surface area contributed by atoms with E-state index in [0.29, 0.717) is 6.42 Å². The minimum absolute atomic E-state index is 0.106. The van der Waals surface area contributed by atoms with Gasteiger partial charge in [0.1, 0.15) is 10.7 Å². The average molecular weight is 321 g/mol. The number of allylic oxidation sites excluding steroid dienone is 1. The molecule has 0 amide bonds. The maximum Gasteiger partial charge on any atom is 0.243 e. The Hall–Kier alpha value is -1.25. The number of sulfonamides is 1. The summed E-state index contributed by atoms with van der Waals surface area (Å²) in [6.45, 7) is 1.90. The standard InChI is InChI=1S/C12H16FNO4S2/c1-3-4-5-8-14-20(17,18)12-9-10(19(2,15)16)6-7-11(12)13/h3-4,6-7,9,14H,5,8H2,1-2H3/b4-3+. The van der Waals surface area contributed by atoms with E-state index in [2.05, 4.69) is 4.72 Å². The molecule has 0 saturated carbocycles. The molecule has 0 heterocycles. The average Bonchev–Trinajstić information content (AvgIpc) is 2.33. The van der Waals surface area contributed by atoms with Crippen molar-refractivity contribution < 1.29 is 21.2 Å². The molecule has 0 atom stereocenters. The number of hydrogen-bond donors (Lipinski definition) is 1. The first-order valence-electron chi connectivity index (χ1n) is 5.79. The molecule has 8 heteroatoms. The summed E-state index contributed by atoms with van der Waals surface area (Å²) >= 11 is 0. The van der Waals surface area contributed by atoms with E-state index in [4.69, 9.17) is 0 Å². The molecular weight excluding hydrogens is 305 g/mol. The van der Waals surface area contributed by atoms with Crippen molar-refractivity contribution >= 4 is 19.9 Å². The molecule has 0 bridgehead atoms. The first-order valence-corrected chi connectivity index (χ1v) is 9.16. The SMILES string of the molecule is C/C=C/CCNS(=O)(=O)c1cc(S(C)(=O)=O)ccc1F. The fraction of sp³-hybridized carbons (Fsp3) is 0.333. The van der Waals surface area contributed by atoms with E-state index in [9.17, 15) is 21.2 Å². The summed E-state index contributed by atoms with van der Waals surface area (Å²) in [5.41, 5.74) is 0. The van der Waals surface area contributed by atoms with Crippen LogP contribution in [0.5, 0.6) is 0 Å². The third-order valence-electron chi connectivity index (χ3n) is 2.46. The third-order valence-corrected chi connectivity index (χ3v) is 5.05. The van der Waals surface area contributed by atoms with Gasteiger partial charge in [0.2, 0.25) is 10.0 Å². The van der Waals surface area contributed by atoms with Crippen LogP contribution < -0.4 is 4.72 Å². The molecule has 0 aliphatic heterocycles. The molecule has 0 radical (unpaired) electrons. The van der Waals surface area contributed by atoms with Crippen LogP contribution in [0.15, 0.2) is 40.1 Å². The zero-order valence-corrected chi connectivity index (χ0v) is 12.8. The second-order valence-electron chi connectivity index (χ2n) is 4.12. The molecule has 0 aliphatic carbocycles.